The number of carbonyl (C=O) groups is 3. The summed E-state index contributed by atoms with van der Waals surface area (Å²) in [6.45, 7) is 0.460. The minimum absolute atomic E-state index is 0.0940. The van der Waals surface area contributed by atoms with Crippen LogP contribution >= 0.6 is 0 Å². The number of hydrogen-bond donors (Lipinski definition) is 1. The van der Waals surface area contributed by atoms with E-state index < -0.39 is 0 Å². The number of fused-ring (bicyclic) bond motifs is 1. The Labute approximate surface area is 173 Å². The SMILES string of the molecule is O=C(NCCc1cccc(F)c1)c1cccc(CN2C(=O)c3ccccc3C2=O)c1. The van der Waals surface area contributed by atoms with Crippen LogP contribution in [-0.4, -0.2) is 29.2 Å². The van der Waals surface area contributed by atoms with Gasteiger partial charge in [0.1, 0.15) is 5.82 Å². The number of hydrogen-bond acceptors (Lipinski definition) is 3. The highest BCUT2D eigenvalue weighted by molar-refractivity contribution is 6.21. The summed E-state index contributed by atoms with van der Waals surface area (Å²) in [5.74, 6) is -1.24. The van der Waals surface area contributed by atoms with Gasteiger partial charge in [-0.25, -0.2) is 4.39 Å². The summed E-state index contributed by atoms with van der Waals surface area (Å²) in [6, 6.07) is 19.8. The predicted octanol–water partition coefficient (Wildman–Crippen LogP) is 3.59. The summed E-state index contributed by atoms with van der Waals surface area (Å²) >= 11 is 0. The zero-order chi connectivity index (χ0) is 21.1. The number of nitrogens with zero attached hydrogens (tertiary/aromatic N) is 1. The molecule has 1 aliphatic rings. The summed E-state index contributed by atoms with van der Waals surface area (Å²) in [5.41, 5.74) is 2.71. The number of amides is 3. The quantitative estimate of drug-likeness (QED) is 0.641. The molecule has 3 amide bonds. The van der Waals surface area contributed by atoms with Crippen molar-refractivity contribution in [1.82, 2.24) is 10.2 Å². The van der Waals surface area contributed by atoms with Gasteiger partial charge in [-0.05, 0) is 53.9 Å². The van der Waals surface area contributed by atoms with E-state index >= 15 is 0 Å². The molecule has 3 aromatic rings. The van der Waals surface area contributed by atoms with Crippen molar-refractivity contribution in [2.24, 2.45) is 0 Å². The fraction of sp³-hybridized carbons (Fsp3) is 0.125. The third kappa shape index (κ3) is 3.98. The standard InChI is InChI=1S/C24H19FN2O3/c25-19-8-4-5-16(14-19)11-12-26-22(28)18-7-3-6-17(13-18)15-27-23(29)20-9-1-2-10-21(20)24(27)30/h1-10,13-14H,11-12,15H2,(H,26,28). The van der Waals surface area contributed by atoms with Crippen LogP contribution in [0.2, 0.25) is 0 Å². The topological polar surface area (TPSA) is 66.5 Å². The number of benzene rings is 3. The Morgan fingerprint density at radius 2 is 1.50 bits per heavy atom. The fourth-order valence-electron chi connectivity index (χ4n) is 3.49. The van der Waals surface area contributed by atoms with Crippen molar-refractivity contribution < 1.29 is 18.8 Å². The predicted molar refractivity (Wildman–Crippen MR) is 110 cm³/mol. The van der Waals surface area contributed by atoms with Crippen LogP contribution in [0.15, 0.2) is 72.8 Å². The van der Waals surface area contributed by atoms with Gasteiger partial charge in [0, 0.05) is 12.1 Å². The Bertz CT molecular complexity index is 1110. The van der Waals surface area contributed by atoms with E-state index in [0.29, 0.717) is 35.2 Å². The lowest BCUT2D eigenvalue weighted by atomic mass is 10.1. The average molecular weight is 402 g/mol. The second-order valence-electron chi connectivity index (χ2n) is 7.08. The van der Waals surface area contributed by atoms with E-state index in [1.54, 1.807) is 60.7 Å². The van der Waals surface area contributed by atoms with E-state index in [4.69, 9.17) is 0 Å². The highest BCUT2D eigenvalue weighted by Gasteiger charge is 2.34. The first-order valence-electron chi connectivity index (χ1n) is 9.60. The molecule has 0 saturated carbocycles. The zero-order valence-corrected chi connectivity index (χ0v) is 16.1. The van der Waals surface area contributed by atoms with Gasteiger partial charge in [0.2, 0.25) is 0 Å². The maximum absolute atomic E-state index is 13.2. The van der Waals surface area contributed by atoms with Gasteiger partial charge in [0.15, 0.2) is 0 Å². The lowest BCUT2D eigenvalue weighted by Gasteiger charge is -2.14. The minimum Gasteiger partial charge on any atom is -0.352 e. The number of nitrogens with one attached hydrogen (secondary N) is 1. The van der Waals surface area contributed by atoms with Crippen molar-refractivity contribution >= 4 is 17.7 Å². The van der Waals surface area contributed by atoms with Gasteiger partial charge in [-0.3, -0.25) is 19.3 Å². The van der Waals surface area contributed by atoms with Crippen molar-refractivity contribution in [2.45, 2.75) is 13.0 Å². The molecule has 0 spiro atoms. The minimum atomic E-state index is -0.333. The van der Waals surface area contributed by atoms with Crippen LogP contribution in [0.4, 0.5) is 4.39 Å². The first-order chi connectivity index (χ1) is 14.5. The highest BCUT2D eigenvalue weighted by atomic mass is 19.1. The van der Waals surface area contributed by atoms with Crippen LogP contribution in [0.1, 0.15) is 42.2 Å². The van der Waals surface area contributed by atoms with Gasteiger partial charge in [-0.1, -0.05) is 36.4 Å². The van der Waals surface area contributed by atoms with Crippen molar-refractivity contribution in [2.75, 3.05) is 6.54 Å². The monoisotopic (exact) mass is 402 g/mol. The Morgan fingerprint density at radius 1 is 0.833 bits per heavy atom. The third-order valence-corrected chi connectivity index (χ3v) is 5.00. The van der Waals surface area contributed by atoms with E-state index in [2.05, 4.69) is 5.32 Å². The molecule has 6 heteroatoms. The van der Waals surface area contributed by atoms with Crippen LogP contribution in [0.25, 0.3) is 0 Å². The molecule has 3 aromatic carbocycles. The number of imide groups is 1. The molecule has 0 radical (unpaired) electrons. The van der Waals surface area contributed by atoms with E-state index in [1.807, 2.05) is 0 Å². The lowest BCUT2D eigenvalue weighted by Crippen LogP contribution is -2.29. The normalized spacial score (nSPS) is 12.8. The summed E-state index contributed by atoms with van der Waals surface area (Å²) in [5, 5.41) is 2.81. The van der Waals surface area contributed by atoms with E-state index in [-0.39, 0.29) is 30.1 Å². The Hall–Kier alpha value is -3.80. The largest absolute Gasteiger partial charge is 0.352 e. The maximum atomic E-state index is 13.2. The van der Waals surface area contributed by atoms with Crippen LogP contribution in [0.3, 0.4) is 0 Å². The van der Waals surface area contributed by atoms with Crippen molar-refractivity contribution in [1.29, 1.82) is 0 Å². The average Bonchev–Trinajstić information content (AvgIpc) is 2.99. The van der Waals surface area contributed by atoms with E-state index in [1.165, 1.54) is 17.0 Å². The lowest BCUT2D eigenvalue weighted by molar-refractivity contribution is 0.0642. The number of rotatable bonds is 6. The van der Waals surface area contributed by atoms with Crippen LogP contribution in [0, 0.1) is 5.82 Å². The van der Waals surface area contributed by atoms with Crippen LogP contribution in [0.5, 0.6) is 0 Å². The first kappa shape index (κ1) is 19.5. The maximum Gasteiger partial charge on any atom is 0.261 e. The third-order valence-electron chi connectivity index (χ3n) is 5.00. The molecule has 1 aliphatic heterocycles. The van der Waals surface area contributed by atoms with Gasteiger partial charge < -0.3 is 5.32 Å². The second-order valence-corrected chi connectivity index (χ2v) is 7.08. The highest BCUT2D eigenvalue weighted by Crippen LogP contribution is 2.24. The molecule has 1 heterocycles. The Kier molecular flexibility index (Phi) is 5.39. The Balaban J connectivity index is 1.40. The molecule has 0 unspecified atom stereocenters. The molecule has 0 aliphatic carbocycles. The molecule has 4 rings (SSSR count). The second kappa shape index (κ2) is 8.29. The molecule has 1 N–H and O–H groups in total. The van der Waals surface area contributed by atoms with Gasteiger partial charge >= 0.3 is 0 Å². The molecule has 30 heavy (non-hydrogen) atoms. The molecule has 0 saturated heterocycles. The first-order valence-corrected chi connectivity index (χ1v) is 9.60. The van der Waals surface area contributed by atoms with Gasteiger partial charge in [0.05, 0.1) is 17.7 Å². The summed E-state index contributed by atoms with van der Waals surface area (Å²) in [6.07, 6.45) is 0.512. The van der Waals surface area contributed by atoms with Gasteiger partial charge in [-0.2, -0.15) is 0 Å². The van der Waals surface area contributed by atoms with Crippen molar-refractivity contribution in [3.63, 3.8) is 0 Å². The zero-order valence-electron chi connectivity index (χ0n) is 16.1. The smallest absolute Gasteiger partial charge is 0.261 e. The summed E-state index contributed by atoms with van der Waals surface area (Å²) in [7, 11) is 0. The molecule has 0 bridgehead atoms. The molecule has 5 nitrogen and oxygen atoms in total. The van der Waals surface area contributed by atoms with Gasteiger partial charge in [-0.15, -0.1) is 0 Å². The van der Waals surface area contributed by atoms with Gasteiger partial charge in [0.25, 0.3) is 17.7 Å². The Morgan fingerprint density at radius 3 is 2.20 bits per heavy atom. The van der Waals surface area contributed by atoms with Crippen molar-refractivity contribution in [3.8, 4) is 0 Å². The molecule has 0 atom stereocenters. The number of halogens is 1. The van der Waals surface area contributed by atoms with Crippen LogP contribution in [-0.2, 0) is 13.0 Å². The molecular formula is C24H19FN2O3. The van der Waals surface area contributed by atoms with E-state index in [9.17, 15) is 18.8 Å². The number of carbonyl (C=O) groups excluding carboxylic acids is 3. The summed E-state index contributed by atoms with van der Waals surface area (Å²) < 4.78 is 13.2. The summed E-state index contributed by atoms with van der Waals surface area (Å²) in [4.78, 5) is 38.7. The molecule has 0 fully saturated rings. The van der Waals surface area contributed by atoms with Crippen molar-refractivity contribution in [3.05, 3.63) is 106 Å². The fourth-order valence-corrected chi connectivity index (χ4v) is 3.49. The molecule has 150 valence electrons. The molecule has 0 aromatic heterocycles. The molecular weight excluding hydrogens is 383 g/mol. The van der Waals surface area contributed by atoms with Crippen LogP contribution < -0.4 is 5.32 Å². The van der Waals surface area contributed by atoms with E-state index in [0.717, 1.165) is 5.56 Å².